The molecule has 3 aromatic heterocycles. The van der Waals surface area contributed by atoms with Crippen molar-refractivity contribution in [3.05, 3.63) is 75.1 Å². The Morgan fingerprint density at radius 2 is 1.85 bits per heavy atom. The molecule has 0 amide bonds. The first-order valence-corrected chi connectivity index (χ1v) is 12.7. The Balaban J connectivity index is 2.00. The standard InChI is InChI=1S/C24H25ClN4O4S/c1-15(2)33-13-5-12-28-21(26)20(34(31,32)18-9-7-17(25)8-10-18)14-19-23(28)27-22-16(3)6-4-11-29(22)24(19)30/h4,6-11,14-15,26H,5,12-13H2,1-3H3. The number of rotatable bonds is 7. The average molecular weight is 501 g/mol. The maximum Gasteiger partial charge on any atom is 0.267 e. The molecule has 0 fully saturated rings. The van der Waals surface area contributed by atoms with Crippen molar-refractivity contribution in [3.8, 4) is 0 Å². The summed E-state index contributed by atoms with van der Waals surface area (Å²) in [6.45, 7) is 6.38. The second-order valence-corrected chi connectivity index (χ2v) is 10.6. The second-order valence-electron chi connectivity index (χ2n) is 8.28. The molecule has 0 aliphatic carbocycles. The summed E-state index contributed by atoms with van der Waals surface area (Å²) in [5.41, 5.74) is 0.879. The van der Waals surface area contributed by atoms with Gasteiger partial charge >= 0.3 is 0 Å². The minimum Gasteiger partial charge on any atom is -0.379 e. The van der Waals surface area contributed by atoms with Gasteiger partial charge in [-0.25, -0.2) is 13.4 Å². The highest BCUT2D eigenvalue weighted by Crippen LogP contribution is 2.22. The van der Waals surface area contributed by atoms with Gasteiger partial charge in [0.05, 0.1) is 16.4 Å². The number of halogens is 1. The van der Waals surface area contributed by atoms with Crippen LogP contribution in [-0.2, 0) is 21.1 Å². The van der Waals surface area contributed by atoms with Crippen LogP contribution in [0.3, 0.4) is 0 Å². The van der Waals surface area contributed by atoms with E-state index in [0.717, 1.165) is 5.56 Å². The molecule has 0 spiro atoms. The third-order valence-corrected chi connectivity index (χ3v) is 7.52. The Morgan fingerprint density at radius 3 is 2.53 bits per heavy atom. The number of hydrogen-bond acceptors (Lipinski definition) is 6. The van der Waals surface area contributed by atoms with Crippen molar-refractivity contribution < 1.29 is 13.2 Å². The smallest absolute Gasteiger partial charge is 0.267 e. The van der Waals surface area contributed by atoms with Crippen LogP contribution in [-0.4, -0.2) is 35.1 Å². The summed E-state index contributed by atoms with van der Waals surface area (Å²) in [5, 5.41) is 9.31. The van der Waals surface area contributed by atoms with Crippen LogP contribution in [0.2, 0.25) is 5.02 Å². The van der Waals surface area contributed by atoms with Gasteiger partial charge < -0.3 is 9.30 Å². The molecule has 10 heteroatoms. The highest BCUT2D eigenvalue weighted by molar-refractivity contribution is 7.91. The molecule has 8 nitrogen and oxygen atoms in total. The lowest BCUT2D eigenvalue weighted by atomic mass is 10.2. The van der Waals surface area contributed by atoms with Crippen LogP contribution in [0.15, 0.2) is 63.2 Å². The first-order valence-electron chi connectivity index (χ1n) is 10.8. The summed E-state index contributed by atoms with van der Waals surface area (Å²) in [6, 6.07) is 10.6. The van der Waals surface area contributed by atoms with E-state index in [4.69, 9.17) is 21.7 Å². The van der Waals surface area contributed by atoms with Crippen LogP contribution in [0.5, 0.6) is 0 Å². The van der Waals surface area contributed by atoms with Gasteiger partial charge in [-0.2, -0.15) is 0 Å². The normalized spacial score (nSPS) is 12.1. The molecular formula is C24H25ClN4O4S. The number of nitrogens with zero attached hydrogens (tertiary/aromatic N) is 3. The maximum absolute atomic E-state index is 13.5. The zero-order valence-electron chi connectivity index (χ0n) is 19.1. The number of nitrogens with one attached hydrogen (secondary N) is 1. The average Bonchev–Trinajstić information content (AvgIpc) is 2.78. The molecule has 0 unspecified atom stereocenters. The second kappa shape index (κ2) is 9.32. The number of sulfone groups is 1. The van der Waals surface area contributed by atoms with Crippen LogP contribution in [0.25, 0.3) is 16.7 Å². The molecule has 1 aromatic carbocycles. The molecule has 0 saturated heterocycles. The summed E-state index contributed by atoms with van der Waals surface area (Å²) in [7, 11) is -4.10. The highest BCUT2D eigenvalue weighted by atomic mass is 35.5. The van der Waals surface area contributed by atoms with Gasteiger partial charge in [-0.15, -0.1) is 0 Å². The van der Waals surface area contributed by atoms with E-state index in [1.807, 2.05) is 26.8 Å². The van der Waals surface area contributed by atoms with E-state index in [2.05, 4.69) is 4.98 Å². The van der Waals surface area contributed by atoms with E-state index >= 15 is 0 Å². The molecule has 34 heavy (non-hydrogen) atoms. The fraction of sp³-hybridized carbons (Fsp3) is 0.292. The largest absolute Gasteiger partial charge is 0.379 e. The molecule has 0 saturated carbocycles. The fourth-order valence-electron chi connectivity index (χ4n) is 3.78. The SMILES string of the molecule is Cc1cccn2c(=O)c3cc(S(=O)(=O)c4ccc(Cl)cc4)c(=N)n(CCCOC(C)C)c3nc12. The molecule has 178 valence electrons. The molecule has 0 aliphatic heterocycles. The van der Waals surface area contributed by atoms with Gasteiger partial charge in [0.25, 0.3) is 5.56 Å². The topological polar surface area (TPSA) is 107 Å². The molecule has 0 aliphatic rings. The third kappa shape index (κ3) is 4.38. The molecule has 4 aromatic rings. The summed E-state index contributed by atoms with van der Waals surface area (Å²) >= 11 is 5.92. The van der Waals surface area contributed by atoms with Crippen LogP contribution in [0.4, 0.5) is 0 Å². The van der Waals surface area contributed by atoms with Crippen molar-refractivity contribution in [2.75, 3.05) is 6.61 Å². The van der Waals surface area contributed by atoms with Crippen molar-refractivity contribution in [1.29, 1.82) is 5.41 Å². The Hall–Kier alpha value is -3.01. The maximum atomic E-state index is 13.5. The van der Waals surface area contributed by atoms with Gasteiger partial charge in [-0.1, -0.05) is 17.7 Å². The van der Waals surface area contributed by atoms with E-state index in [9.17, 15) is 13.2 Å². The van der Waals surface area contributed by atoms with E-state index in [0.29, 0.717) is 23.7 Å². The number of hydrogen-bond donors (Lipinski definition) is 1. The zero-order chi connectivity index (χ0) is 24.6. The summed E-state index contributed by atoms with van der Waals surface area (Å²) in [6.07, 6.45) is 2.16. The Labute approximate surface area is 201 Å². The fourth-order valence-corrected chi connectivity index (χ4v) is 5.29. The van der Waals surface area contributed by atoms with Crippen molar-refractivity contribution in [3.63, 3.8) is 0 Å². The number of aryl methyl sites for hydroxylation is 2. The van der Waals surface area contributed by atoms with Crippen LogP contribution >= 0.6 is 11.6 Å². The first kappa shape index (κ1) is 24.1. The van der Waals surface area contributed by atoms with E-state index in [1.54, 1.807) is 12.3 Å². The number of fused-ring (bicyclic) bond motifs is 2. The van der Waals surface area contributed by atoms with Crippen LogP contribution < -0.4 is 11.0 Å². The molecule has 4 rings (SSSR count). The lowest BCUT2D eigenvalue weighted by Gasteiger charge is -2.16. The van der Waals surface area contributed by atoms with Gasteiger partial charge in [0, 0.05) is 24.4 Å². The molecular weight excluding hydrogens is 476 g/mol. The van der Waals surface area contributed by atoms with Crippen molar-refractivity contribution in [2.24, 2.45) is 0 Å². The molecule has 0 atom stereocenters. The predicted molar refractivity (Wildman–Crippen MR) is 130 cm³/mol. The van der Waals surface area contributed by atoms with Gasteiger partial charge in [-0.3, -0.25) is 14.6 Å². The number of benzene rings is 1. The Kier molecular flexibility index (Phi) is 6.62. The van der Waals surface area contributed by atoms with E-state index in [-0.39, 0.29) is 39.0 Å². The molecule has 0 radical (unpaired) electrons. The first-order chi connectivity index (χ1) is 16.1. The lowest BCUT2D eigenvalue weighted by Crippen LogP contribution is -2.30. The minimum absolute atomic E-state index is 0.0101. The Morgan fingerprint density at radius 1 is 1.15 bits per heavy atom. The summed E-state index contributed by atoms with van der Waals surface area (Å²) < 4.78 is 35.5. The van der Waals surface area contributed by atoms with Crippen LogP contribution in [0.1, 0.15) is 25.8 Å². The highest BCUT2D eigenvalue weighted by Gasteiger charge is 2.24. The quantitative estimate of drug-likeness (QED) is 0.307. The third-order valence-electron chi connectivity index (χ3n) is 5.49. The summed E-state index contributed by atoms with van der Waals surface area (Å²) in [5.74, 6) is 0. The van der Waals surface area contributed by atoms with E-state index < -0.39 is 15.4 Å². The molecule has 0 bridgehead atoms. The van der Waals surface area contributed by atoms with Crippen molar-refractivity contribution in [1.82, 2.24) is 14.0 Å². The number of ether oxygens (including phenoxy) is 1. The van der Waals surface area contributed by atoms with Crippen molar-refractivity contribution in [2.45, 2.75) is 49.6 Å². The molecule has 3 heterocycles. The number of pyridine rings is 2. The summed E-state index contributed by atoms with van der Waals surface area (Å²) in [4.78, 5) is 17.8. The van der Waals surface area contributed by atoms with E-state index in [1.165, 1.54) is 39.3 Å². The Bertz CT molecular complexity index is 1610. The zero-order valence-corrected chi connectivity index (χ0v) is 20.7. The lowest BCUT2D eigenvalue weighted by molar-refractivity contribution is 0.0748. The monoisotopic (exact) mass is 500 g/mol. The predicted octanol–water partition coefficient (Wildman–Crippen LogP) is 3.74. The van der Waals surface area contributed by atoms with Gasteiger partial charge in [0.1, 0.15) is 21.7 Å². The van der Waals surface area contributed by atoms with Gasteiger partial charge in [-0.05, 0) is 69.2 Å². The number of aromatic nitrogens is 3. The van der Waals surface area contributed by atoms with Gasteiger partial charge in [0.2, 0.25) is 9.84 Å². The van der Waals surface area contributed by atoms with Crippen molar-refractivity contribution >= 4 is 38.1 Å². The molecule has 1 N–H and O–H groups in total. The van der Waals surface area contributed by atoms with Gasteiger partial charge in [0.15, 0.2) is 0 Å². The minimum atomic E-state index is -4.10. The van der Waals surface area contributed by atoms with Crippen LogP contribution in [0, 0.1) is 12.3 Å².